The van der Waals surface area contributed by atoms with E-state index in [0.717, 1.165) is 54.2 Å². The van der Waals surface area contributed by atoms with Crippen LogP contribution in [0.1, 0.15) is 17.5 Å². The van der Waals surface area contributed by atoms with Gasteiger partial charge in [-0.05, 0) is 64.8 Å². The number of halogens is 1. The molecule has 1 aliphatic rings. The van der Waals surface area contributed by atoms with E-state index in [-0.39, 0.29) is 5.91 Å². The minimum Gasteiger partial charge on any atom is -0.496 e. The lowest BCUT2D eigenvalue weighted by Crippen LogP contribution is -2.43. The molecule has 1 saturated heterocycles. The third-order valence-corrected chi connectivity index (χ3v) is 5.72. The predicted molar refractivity (Wildman–Crippen MR) is 117 cm³/mol. The summed E-state index contributed by atoms with van der Waals surface area (Å²) < 4.78 is 6.14. The second-order valence-corrected chi connectivity index (χ2v) is 8.15. The first-order valence-corrected chi connectivity index (χ1v) is 10.4. The smallest absolute Gasteiger partial charge is 0.224 e. The Morgan fingerprint density at radius 3 is 2.39 bits per heavy atom. The van der Waals surface area contributed by atoms with E-state index in [0.29, 0.717) is 12.8 Å². The molecule has 0 saturated carbocycles. The van der Waals surface area contributed by atoms with Crippen molar-refractivity contribution in [3.8, 4) is 5.75 Å². The van der Waals surface area contributed by atoms with Gasteiger partial charge in [-0.2, -0.15) is 0 Å². The molecular weight excluding hydrogens is 418 g/mol. The van der Waals surface area contributed by atoms with Gasteiger partial charge in [0, 0.05) is 44.8 Å². The fraction of sp³-hybridized carbons (Fsp3) is 0.409. The second-order valence-electron chi connectivity index (χ2n) is 7.29. The highest BCUT2D eigenvalue weighted by atomic mass is 79.9. The molecule has 1 aliphatic heterocycles. The first kappa shape index (κ1) is 20.8. The summed E-state index contributed by atoms with van der Waals surface area (Å²) in [5, 5.41) is 2.99. The number of aryl methyl sites for hydroxylation is 1. The Morgan fingerprint density at radius 1 is 1.07 bits per heavy atom. The molecule has 0 atom stereocenters. The zero-order chi connectivity index (χ0) is 19.9. The van der Waals surface area contributed by atoms with Gasteiger partial charge in [-0.3, -0.25) is 9.69 Å². The van der Waals surface area contributed by atoms with E-state index in [2.05, 4.69) is 50.2 Å². The number of rotatable bonds is 7. The molecule has 0 aliphatic carbocycles. The lowest BCUT2D eigenvalue weighted by atomic mass is 10.1. The summed E-state index contributed by atoms with van der Waals surface area (Å²) in [4.78, 5) is 17.1. The minimum absolute atomic E-state index is 0.0266. The molecule has 0 bridgehead atoms. The number of hydrogen-bond donors (Lipinski definition) is 1. The Labute approximate surface area is 175 Å². The largest absolute Gasteiger partial charge is 0.496 e. The summed E-state index contributed by atoms with van der Waals surface area (Å²) in [6.07, 6.45) is 1.14. The summed E-state index contributed by atoms with van der Waals surface area (Å²) in [6, 6.07) is 14.1. The lowest BCUT2D eigenvalue weighted by molar-refractivity contribution is -0.116. The SMILES string of the molecule is COc1ccc(CCC(=O)Nc2ccc(CN3CCN(C)CC3)cc2)cc1Br. The summed E-state index contributed by atoms with van der Waals surface area (Å²) >= 11 is 3.48. The van der Waals surface area contributed by atoms with Crippen molar-refractivity contribution in [1.82, 2.24) is 9.80 Å². The van der Waals surface area contributed by atoms with Crippen LogP contribution in [0.4, 0.5) is 5.69 Å². The Bertz CT molecular complexity index is 787. The normalized spacial score (nSPS) is 15.4. The summed E-state index contributed by atoms with van der Waals surface area (Å²) in [6.45, 7) is 5.43. The first-order valence-electron chi connectivity index (χ1n) is 9.65. The van der Waals surface area contributed by atoms with Gasteiger partial charge in [0.1, 0.15) is 5.75 Å². The molecule has 6 heteroatoms. The Hall–Kier alpha value is -1.89. The van der Waals surface area contributed by atoms with E-state index in [4.69, 9.17) is 4.74 Å². The molecule has 0 aromatic heterocycles. The number of anilines is 1. The van der Waals surface area contributed by atoms with E-state index in [9.17, 15) is 4.79 Å². The molecule has 2 aromatic carbocycles. The number of methoxy groups -OCH3 is 1. The van der Waals surface area contributed by atoms with Gasteiger partial charge < -0.3 is 15.0 Å². The van der Waals surface area contributed by atoms with Crippen LogP contribution in [0.5, 0.6) is 5.75 Å². The lowest BCUT2D eigenvalue weighted by Gasteiger charge is -2.32. The number of piperazine rings is 1. The summed E-state index contributed by atoms with van der Waals surface area (Å²) in [5.74, 6) is 0.823. The molecule has 1 fully saturated rings. The topological polar surface area (TPSA) is 44.8 Å². The number of ether oxygens (including phenoxy) is 1. The summed E-state index contributed by atoms with van der Waals surface area (Å²) in [5.41, 5.74) is 3.24. The van der Waals surface area contributed by atoms with Crippen molar-refractivity contribution in [2.24, 2.45) is 0 Å². The fourth-order valence-electron chi connectivity index (χ4n) is 3.30. The molecule has 150 valence electrons. The average molecular weight is 446 g/mol. The molecule has 5 nitrogen and oxygen atoms in total. The van der Waals surface area contributed by atoms with Crippen LogP contribution in [0, 0.1) is 0 Å². The van der Waals surface area contributed by atoms with Crippen molar-refractivity contribution in [2.45, 2.75) is 19.4 Å². The van der Waals surface area contributed by atoms with Gasteiger partial charge in [0.15, 0.2) is 0 Å². The molecule has 0 spiro atoms. The second kappa shape index (κ2) is 10.0. The van der Waals surface area contributed by atoms with Crippen molar-refractivity contribution >= 4 is 27.5 Å². The predicted octanol–water partition coefficient (Wildman–Crippen LogP) is 3.78. The van der Waals surface area contributed by atoms with Crippen LogP contribution < -0.4 is 10.1 Å². The maximum atomic E-state index is 12.3. The summed E-state index contributed by atoms with van der Waals surface area (Å²) in [7, 11) is 3.81. The molecular formula is C22H28BrN3O2. The standard InChI is InChI=1S/C22H28BrN3O2/c1-25-11-13-26(14-12-25)16-18-3-7-19(8-4-18)24-22(27)10-6-17-5-9-21(28-2)20(23)15-17/h3-5,7-9,15H,6,10-14,16H2,1-2H3,(H,24,27). The molecule has 0 radical (unpaired) electrons. The van der Waals surface area contributed by atoms with Gasteiger partial charge in [0.05, 0.1) is 11.6 Å². The van der Waals surface area contributed by atoms with E-state index in [1.54, 1.807) is 7.11 Å². The number of likely N-dealkylation sites (N-methyl/N-ethyl adjacent to an activating group) is 1. The number of nitrogens with one attached hydrogen (secondary N) is 1. The number of hydrogen-bond acceptors (Lipinski definition) is 4. The zero-order valence-corrected chi connectivity index (χ0v) is 18.2. The molecule has 28 heavy (non-hydrogen) atoms. The van der Waals surface area contributed by atoms with Gasteiger partial charge >= 0.3 is 0 Å². The van der Waals surface area contributed by atoms with E-state index in [1.165, 1.54) is 5.56 Å². The van der Waals surface area contributed by atoms with E-state index in [1.807, 2.05) is 30.3 Å². The number of nitrogens with zero attached hydrogens (tertiary/aromatic N) is 2. The Kier molecular flexibility index (Phi) is 7.48. The Balaban J connectivity index is 1.45. The van der Waals surface area contributed by atoms with Gasteiger partial charge in [0.25, 0.3) is 0 Å². The average Bonchev–Trinajstić information content (AvgIpc) is 2.70. The third-order valence-electron chi connectivity index (χ3n) is 5.10. The minimum atomic E-state index is 0.0266. The van der Waals surface area contributed by atoms with Gasteiger partial charge in [0.2, 0.25) is 5.91 Å². The highest BCUT2D eigenvalue weighted by Crippen LogP contribution is 2.26. The van der Waals surface area contributed by atoms with Crippen molar-refractivity contribution in [1.29, 1.82) is 0 Å². The van der Waals surface area contributed by atoms with Crippen LogP contribution >= 0.6 is 15.9 Å². The van der Waals surface area contributed by atoms with Crippen LogP contribution in [-0.2, 0) is 17.8 Å². The third kappa shape index (κ3) is 6.06. The number of benzene rings is 2. The molecule has 0 unspecified atom stereocenters. The monoisotopic (exact) mass is 445 g/mol. The molecule has 2 aromatic rings. The van der Waals surface area contributed by atoms with Crippen LogP contribution in [0.15, 0.2) is 46.9 Å². The van der Waals surface area contributed by atoms with Gasteiger partial charge in [-0.25, -0.2) is 0 Å². The van der Waals surface area contributed by atoms with Gasteiger partial charge in [-0.1, -0.05) is 18.2 Å². The number of carbonyl (C=O) groups excluding carboxylic acids is 1. The highest BCUT2D eigenvalue weighted by Gasteiger charge is 2.13. The van der Waals surface area contributed by atoms with Crippen molar-refractivity contribution in [3.63, 3.8) is 0 Å². The van der Waals surface area contributed by atoms with Crippen LogP contribution in [0.3, 0.4) is 0 Å². The number of carbonyl (C=O) groups is 1. The number of amides is 1. The van der Waals surface area contributed by atoms with Gasteiger partial charge in [-0.15, -0.1) is 0 Å². The van der Waals surface area contributed by atoms with Crippen LogP contribution in [0.2, 0.25) is 0 Å². The molecule has 3 rings (SSSR count). The zero-order valence-electron chi connectivity index (χ0n) is 16.6. The van der Waals surface area contributed by atoms with Crippen molar-refractivity contribution in [3.05, 3.63) is 58.1 Å². The molecule has 1 N–H and O–H groups in total. The van der Waals surface area contributed by atoms with E-state index >= 15 is 0 Å². The quantitative estimate of drug-likeness (QED) is 0.704. The van der Waals surface area contributed by atoms with E-state index < -0.39 is 0 Å². The van der Waals surface area contributed by atoms with Crippen molar-refractivity contribution in [2.75, 3.05) is 45.7 Å². The molecule has 1 heterocycles. The fourth-order valence-corrected chi connectivity index (χ4v) is 3.89. The first-order chi connectivity index (χ1) is 13.5. The maximum Gasteiger partial charge on any atom is 0.224 e. The molecule has 1 amide bonds. The Morgan fingerprint density at radius 2 is 1.75 bits per heavy atom. The maximum absolute atomic E-state index is 12.3. The van der Waals surface area contributed by atoms with Crippen LogP contribution in [0.25, 0.3) is 0 Å². The van der Waals surface area contributed by atoms with Crippen LogP contribution in [-0.4, -0.2) is 56.0 Å². The van der Waals surface area contributed by atoms with Crippen molar-refractivity contribution < 1.29 is 9.53 Å². The highest BCUT2D eigenvalue weighted by molar-refractivity contribution is 9.10.